The molecule has 0 saturated carbocycles. The number of aromatic nitrogens is 2. The molecule has 206 valence electrons. The maximum Gasteiger partial charge on any atom is 0.130 e. The van der Waals surface area contributed by atoms with Gasteiger partial charge in [-0.1, -0.05) is 65.8 Å². The minimum Gasteiger partial charge on any atom is -0.507 e. The molecule has 3 aromatic carbocycles. The average molecular weight is 537 g/mol. The molecule has 0 unspecified atom stereocenters. The number of aliphatic hydroxyl groups excluding tert-OH is 2. The van der Waals surface area contributed by atoms with Crippen LogP contribution < -0.4 is 0 Å². The van der Waals surface area contributed by atoms with Gasteiger partial charge in [0.15, 0.2) is 0 Å². The molecule has 4 N–H and O–H groups in total. The van der Waals surface area contributed by atoms with Crippen LogP contribution in [0.4, 0.5) is 0 Å². The number of rotatable bonds is 4. The molecule has 0 amide bonds. The SMILES string of the molecule is CC(C)(C)c1cc(CO)c(O)c(-c2ccc3ccc4ccc(-c5cc(C(C)(C)C)cc(CO)c5O)nc4c3n2)c1. The fourth-order valence-corrected chi connectivity index (χ4v) is 4.95. The molecule has 0 spiro atoms. The van der Waals surface area contributed by atoms with Gasteiger partial charge in [-0.05, 0) is 58.4 Å². The summed E-state index contributed by atoms with van der Waals surface area (Å²) in [6.45, 7) is 12.0. The molecule has 0 saturated heterocycles. The number of pyridine rings is 2. The Morgan fingerprint density at radius 2 is 0.900 bits per heavy atom. The molecule has 5 aromatic rings. The van der Waals surface area contributed by atoms with E-state index in [1.165, 1.54) is 0 Å². The third-order valence-electron chi connectivity index (χ3n) is 7.52. The summed E-state index contributed by atoms with van der Waals surface area (Å²) in [5.41, 5.74) is 6.08. The molecule has 0 aliphatic carbocycles. The highest BCUT2D eigenvalue weighted by atomic mass is 16.3. The van der Waals surface area contributed by atoms with Gasteiger partial charge >= 0.3 is 0 Å². The van der Waals surface area contributed by atoms with Crippen LogP contribution in [-0.2, 0) is 24.0 Å². The van der Waals surface area contributed by atoms with Gasteiger partial charge in [0, 0.05) is 33.0 Å². The van der Waals surface area contributed by atoms with Gasteiger partial charge in [0.25, 0.3) is 0 Å². The lowest BCUT2D eigenvalue weighted by atomic mass is 9.84. The minimum atomic E-state index is -0.281. The zero-order valence-electron chi connectivity index (χ0n) is 23.9. The smallest absolute Gasteiger partial charge is 0.130 e. The van der Waals surface area contributed by atoms with Crippen LogP contribution in [0.5, 0.6) is 11.5 Å². The lowest BCUT2D eigenvalue weighted by Gasteiger charge is -2.22. The highest BCUT2D eigenvalue weighted by Crippen LogP contribution is 2.40. The van der Waals surface area contributed by atoms with E-state index in [1.54, 1.807) is 0 Å². The minimum absolute atomic E-state index is 0.0108. The van der Waals surface area contributed by atoms with Crippen LogP contribution in [-0.4, -0.2) is 30.4 Å². The van der Waals surface area contributed by atoms with Gasteiger partial charge in [0.2, 0.25) is 0 Å². The van der Waals surface area contributed by atoms with E-state index < -0.39 is 0 Å². The molecule has 40 heavy (non-hydrogen) atoms. The first-order valence-corrected chi connectivity index (χ1v) is 13.5. The molecular weight excluding hydrogens is 500 g/mol. The van der Waals surface area contributed by atoms with E-state index in [0.29, 0.717) is 44.7 Å². The number of phenols is 2. The van der Waals surface area contributed by atoms with Gasteiger partial charge in [0.05, 0.1) is 35.6 Å². The number of aromatic hydroxyl groups is 2. The van der Waals surface area contributed by atoms with E-state index >= 15 is 0 Å². The Bertz CT molecular complexity index is 1630. The standard InChI is InChI=1S/C34H36N2O4/c1-33(2,3)23-13-21(17-37)31(39)25(15-23)27-11-9-19-7-8-20-10-12-28(36-30(20)29(19)35-27)26-16-24(34(4,5)6)14-22(18-38)32(26)40/h7-16,37-40H,17-18H2,1-6H3. The Labute approximate surface area is 234 Å². The van der Waals surface area contributed by atoms with Crippen molar-refractivity contribution in [2.24, 2.45) is 0 Å². The van der Waals surface area contributed by atoms with Crippen LogP contribution in [0.3, 0.4) is 0 Å². The molecule has 0 radical (unpaired) electrons. The second kappa shape index (κ2) is 9.88. The lowest BCUT2D eigenvalue weighted by Crippen LogP contribution is -2.12. The Morgan fingerprint density at radius 3 is 1.23 bits per heavy atom. The molecule has 0 atom stereocenters. The van der Waals surface area contributed by atoms with Gasteiger partial charge in [-0.15, -0.1) is 0 Å². The first-order valence-electron chi connectivity index (χ1n) is 13.5. The highest BCUT2D eigenvalue weighted by molar-refractivity contribution is 6.04. The van der Waals surface area contributed by atoms with Crippen LogP contribution >= 0.6 is 0 Å². The monoisotopic (exact) mass is 536 g/mol. The topological polar surface area (TPSA) is 107 Å². The first kappa shape index (κ1) is 27.6. The summed E-state index contributed by atoms with van der Waals surface area (Å²) in [5.74, 6) is 0.0216. The van der Waals surface area contributed by atoms with Crippen molar-refractivity contribution in [3.63, 3.8) is 0 Å². The molecule has 6 heteroatoms. The van der Waals surface area contributed by atoms with Crippen LogP contribution in [0.2, 0.25) is 0 Å². The Balaban J connectivity index is 1.75. The van der Waals surface area contributed by atoms with Gasteiger partial charge in [0.1, 0.15) is 11.5 Å². The predicted molar refractivity (Wildman–Crippen MR) is 160 cm³/mol. The van der Waals surface area contributed by atoms with Crippen molar-refractivity contribution in [2.75, 3.05) is 0 Å². The normalized spacial score (nSPS) is 12.4. The zero-order chi connectivity index (χ0) is 29.0. The van der Waals surface area contributed by atoms with Crippen LogP contribution in [0, 0.1) is 0 Å². The third kappa shape index (κ3) is 4.89. The summed E-state index contributed by atoms with van der Waals surface area (Å²) in [4.78, 5) is 9.95. The summed E-state index contributed by atoms with van der Waals surface area (Å²) in [6, 6.07) is 19.1. The Kier molecular flexibility index (Phi) is 6.81. The molecule has 2 heterocycles. The van der Waals surface area contributed by atoms with Crippen LogP contribution in [0.1, 0.15) is 63.8 Å². The van der Waals surface area contributed by atoms with Gasteiger partial charge in [-0.2, -0.15) is 0 Å². The van der Waals surface area contributed by atoms with Gasteiger partial charge in [-0.3, -0.25) is 0 Å². The van der Waals surface area contributed by atoms with Crippen molar-refractivity contribution in [1.29, 1.82) is 0 Å². The molecule has 6 nitrogen and oxygen atoms in total. The van der Waals surface area contributed by atoms with Crippen molar-refractivity contribution >= 4 is 21.8 Å². The summed E-state index contributed by atoms with van der Waals surface area (Å²) >= 11 is 0. The van der Waals surface area contributed by atoms with Crippen molar-refractivity contribution in [1.82, 2.24) is 9.97 Å². The number of fused-ring (bicyclic) bond motifs is 3. The Morgan fingerprint density at radius 1 is 0.550 bits per heavy atom. The van der Waals surface area contributed by atoms with Crippen LogP contribution in [0.15, 0.2) is 60.7 Å². The van der Waals surface area contributed by atoms with E-state index in [0.717, 1.165) is 21.9 Å². The van der Waals surface area contributed by atoms with Crippen molar-refractivity contribution < 1.29 is 20.4 Å². The summed E-state index contributed by atoms with van der Waals surface area (Å²) < 4.78 is 0. The van der Waals surface area contributed by atoms with E-state index in [9.17, 15) is 20.4 Å². The Hall–Kier alpha value is -4.00. The van der Waals surface area contributed by atoms with Crippen LogP contribution in [0.25, 0.3) is 44.3 Å². The van der Waals surface area contributed by atoms with Gasteiger partial charge < -0.3 is 20.4 Å². The zero-order valence-corrected chi connectivity index (χ0v) is 23.9. The lowest BCUT2D eigenvalue weighted by molar-refractivity contribution is 0.275. The first-order chi connectivity index (χ1) is 18.8. The number of aliphatic hydroxyl groups is 2. The molecule has 5 rings (SSSR count). The quantitative estimate of drug-likeness (QED) is 0.182. The molecule has 2 aromatic heterocycles. The molecule has 0 aliphatic heterocycles. The van der Waals surface area contributed by atoms with E-state index in [4.69, 9.17) is 9.97 Å². The highest BCUT2D eigenvalue weighted by Gasteiger charge is 2.22. The summed E-state index contributed by atoms with van der Waals surface area (Å²) in [6.07, 6.45) is 0. The fraction of sp³-hybridized carbons (Fsp3) is 0.294. The maximum absolute atomic E-state index is 11.0. The largest absolute Gasteiger partial charge is 0.507 e. The van der Waals surface area contributed by atoms with E-state index in [1.807, 2.05) is 60.7 Å². The second-order valence-corrected chi connectivity index (χ2v) is 12.5. The molecule has 0 fully saturated rings. The second-order valence-electron chi connectivity index (χ2n) is 12.5. The van der Waals surface area contributed by atoms with Crippen molar-refractivity contribution in [3.8, 4) is 34.0 Å². The number of benzene rings is 3. The van der Waals surface area contributed by atoms with Crippen molar-refractivity contribution in [3.05, 3.63) is 82.9 Å². The third-order valence-corrected chi connectivity index (χ3v) is 7.52. The number of hydrogen-bond acceptors (Lipinski definition) is 6. The molecule has 0 bridgehead atoms. The summed E-state index contributed by atoms with van der Waals surface area (Å²) in [7, 11) is 0. The maximum atomic E-state index is 11.0. The number of hydrogen-bond donors (Lipinski definition) is 4. The van der Waals surface area contributed by atoms with Gasteiger partial charge in [-0.25, -0.2) is 9.97 Å². The molecular formula is C34H36N2O4. The number of nitrogens with zero attached hydrogens (tertiary/aromatic N) is 2. The fourth-order valence-electron chi connectivity index (χ4n) is 4.95. The van der Waals surface area contributed by atoms with E-state index in [-0.39, 0.29) is 35.5 Å². The van der Waals surface area contributed by atoms with Crippen molar-refractivity contribution in [2.45, 2.75) is 65.6 Å². The molecule has 0 aliphatic rings. The predicted octanol–water partition coefficient (Wildman–Crippen LogP) is 7.11. The average Bonchev–Trinajstić information content (AvgIpc) is 2.91. The summed E-state index contributed by atoms with van der Waals surface area (Å²) in [5, 5.41) is 43.7. The van der Waals surface area contributed by atoms with E-state index in [2.05, 4.69) is 41.5 Å².